The van der Waals surface area contributed by atoms with Crippen LogP contribution in [-0.4, -0.2) is 11.5 Å². The average molecular weight is 262 g/mol. The van der Waals surface area contributed by atoms with Crippen LogP contribution in [0.1, 0.15) is 13.3 Å². The monoisotopic (exact) mass is 261 g/mol. The van der Waals surface area contributed by atoms with E-state index in [0.29, 0.717) is 5.02 Å². The van der Waals surface area contributed by atoms with Gasteiger partial charge in [0.15, 0.2) is 0 Å². The van der Waals surface area contributed by atoms with E-state index in [9.17, 15) is 0 Å². The first kappa shape index (κ1) is 12.7. The van der Waals surface area contributed by atoms with Gasteiger partial charge >= 0.3 is 0 Å². The first-order valence-electron chi connectivity index (χ1n) is 5.99. The lowest BCUT2D eigenvalue weighted by molar-refractivity contribution is 0.978. The second-order valence-electron chi connectivity index (χ2n) is 4.02. The predicted octanol–water partition coefficient (Wildman–Crippen LogP) is 4.30. The van der Waals surface area contributed by atoms with Crippen molar-refractivity contribution in [2.24, 2.45) is 0 Å². The molecular formula is C14H16ClN3. The van der Waals surface area contributed by atoms with Crippen molar-refractivity contribution in [3.8, 4) is 0 Å². The van der Waals surface area contributed by atoms with Gasteiger partial charge in [-0.25, -0.2) is 0 Å². The van der Waals surface area contributed by atoms with Crippen LogP contribution in [0, 0.1) is 0 Å². The van der Waals surface area contributed by atoms with Gasteiger partial charge in [0.2, 0.25) is 0 Å². The molecule has 0 saturated heterocycles. The summed E-state index contributed by atoms with van der Waals surface area (Å²) in [4.78, 5) is 4.20. The zero-order chi connectivity index (χ0) is 12.8. The Morgan fingerprint density at radius 3 is 2.72 bits per heavy atom. The Labute approximate surface area is 112 Å². The molecule has 1 aromatic heterocycles. The molecule has 0 saturated carbocycles. The highest BCUT2D eigenvalue weighted by molar-refractivity contribution is 6.30. The third-order valence-electron chi connectivity index (χ3n) is 2.43. The van der Waals surface area contributed by atoms with Gasteiger partial charge in [-0.15, -0.1) is 0 Å². The zero-order valence-corrected chi connectivity index (χ0v) is 11.0. The summed E-state index contributed by atoms with van der Waals surface area (Å²) >= 11 is 5.94. The highest BCUT2D eigenvalue weighted by Crippen LogP contribution is 2.21. The summed E-state index contributed by atoms with van der Waals surface area (Å²) in [7, 11) is 0. The quantitative estimate of drug-likeness (QED) is 0.843. The molecule has 2 aromatic rings. The summed E-state index contributed by atoms with van der Waals surface area (Å²) < 4.78 is 0. The van der Waals surface area contributed by atoms with Crippen molar-refractivity contribution < 1.29 is 0 Å². The van der Waals surface area contributed by atoms with Crippen LogP contribution >= 0.6 is 11.6 Å². The summed E-state index contributed by atoms with van der Waals surface area (Å²) in [5.74, 6) is 0. The Morgan fingerprint density at radius 1 is 1.11 bits per heavy atom. The van der Waals surface area contributed by atoms with Gasteiger partial charge in [-0.1, -0.05) is 24.6 Å². The Kier molecular flexibility index (Phi) is 4.42. The van der Waals surface area contributed by atoms with E-state index in [1.807, 2.05) is 36.5 Å². The minimum Gasteiger partial charge on any atom is -0.384 e. The van der Waals surface area contributed by atoms with Crippen LogP contribution in [0.25, 0.3) is 0 Å². The van der Waals surface area contributed by atoms with E-state index in [4.69, 9.17) is 11.6 Å². The van der Waals surface area contributed by atoms with Crippen LogP contribution in [0.15, 0.2) is 42.7 Å². The molecule has 0 unspecified atom stereocenters. The summed E-state index contributed by atoms with van der Waals surface area (Å²) in [5.41, 5.74) is 2.92. The number of halogens is 1. The van der Waals surface area contributed by atoms with Gasteiger partial charge < -0.3 is 10.6 Å². The van der Waals surface area contributed by atoms with Crippen molar-refractivity contribution in [1.82, 2.24) is 4.98 Å². The molecule has 0 spiro atoms. The largest absolute Gasteiger partial charge is 0.384 e. The lowest BCUT2D eigenvalue weighted by Gasteiger charge is -2.09. The van der Waals surface area contributed by atoms with Crippen molar-refractivity contribution >= 4 is 28.7 Å². The number of hydrogen-bond donors (Lipinski definition) is 2. The molecule has 0 aliphatic heterocycles. The van der Waals surface area contributed by atoms with Gasteiger partial charge in [0.1, 0.15) is 0 Å². The number of nitrogens with zero attached hydrogens (tertiary/aromatic N) is 1. The Bertz CT molecular complexity index is 514. The maximum Gasteiger partial charge on any atom is 0.0591 e. The molecule has 4 heteroatoms. The second kappa shape index (κ2) is 6.26. The fraction of sp³-hybridized carbons (Fsp3) is 0.214. The number of pyridine rings is 1. The molecule has 2 N–H and O–H groups in total. The lowest BCUT2D eigenvalue weighted by atomic mass is 10.3. The standard InChI is InChI=1S/C14H16ClN3/c1-2-6-17-13-8-14(10-16-9-13)18-12-5-3-4-11(15)7-12/h3-5,7-10,17-18H,2,6H2,1H3. The van der Waals surface area contributed by atoms with Crippen LogP contribution in [-0.2, 0) is 0 Å². The molecule has 2 rings (SSSR count). The summed E-state index contributed by atoms with van der Waals surface area (Å²) in [6, 6.07) is 9.65. The first-order chi connectivity index (χ1) is 8.78. The maximum atomic E-state index is 5.94. The van der Waals surface area contributed by atoms with Crippen molar-refractivity contribution in [1.29, 1.82) is 0 Å². The van der Waals surface area contributed by atoms with Crippen LogP contribution in [0.5, 0.6) is 0 Å². The van der Waals surface area contributed by atoms with Gasteiger partial charge in [-0.05, 0) is 30.7 Å². The summed E-state index contributed by atoms with van der Waals surface area (Å²) in [6.45, 7) is 3.08. The van der Waals surface area contributed by atoms with E-state index in [1.54, 1.807) is 6.20 Å². The minimum atomic E-state index is 0.716. The van der Waals surface area contributed by atoms with Crippen LogP contribution in [0.3, 0.4) is 0 Å². The molecule has 1 aromatic carbocycles. The van der Waals surface area contributed by atoms with E-state index >= 15 is 0 Å². The molecule has 3 nitrogen and oxygen atoms in total. The van der Waals surface area contributed by atoms with Crippen molar-refractivity contribution in [2.45, 2.75) is 13.3 Å². The molecule has 94 valence electrons. The van der Waals surface area contributed by atoms with Crippen LogP contribution in [0.2, 0.25) is 5.02 Å². The number of aromatic nitrogens is 1. The molecule has 0 amide bonds. The topological polar surface area (TPSA) is 37.0 Å². The molecule has 0 radical (unpaired) electrons. The average Bonchev–Trinajstić information content (AvgIpc) is 2.37. The van der Waals surface area contributed by atoms with E-state index in [2.05, 4.69) is 22.5 Å². The third-order valence-corrected chi connectivity index (χ3v) is 2.67. The Hall–Kier alpha value is -1.74. The minimum absolute atomic E-state index is 0.716. The van der Waals surface area contributed by atoms with Crippen LogP contribution in [0.4, 0.5) is 17.1 Å². The number of hydrogen-bond acceptors (Lipinski definition) is 3. The highest BCUT2D eigenvalue weighted by atomic mass is 35.5. The summed E-state index contributed by atoms with van der Waals surface area (Å²) in [5, 5.41) is 7.29. The van der Waals surface area contributed by atoms with E-state index in [0.717, 1.165) is 30.0 Å². The van der Waals surface area contributed by atoms with Crippen molar-refractivity contribution in [3.05, 3.63) is 47.7 Å². The van der Waals surface area contributed by atoms with E-state index < -0.39 is 0 Å². The fourth-order valence-electron chi connectivity index (χ4n) is 1.61. The van der Waals surface area contributed by atoms with Gasteiger partial charge in [-0.2, -0.15) is 0 Å². The molecule has 1 heterocycles. The number of anilines is 3. The molecular weight excluding hydrogens is 246 g/mol. The molecule has 0 aliphatic rings. The molecule has 0 atom stereocenters. The smallest absolute Gasteiger partial charge is 0.0591 e. The maximum absolute atomic E-state index is 5.94. The SMILES string of the molecule is CCCNc1cncc(Nc2cccc(Cl)c2)c1. The van der Waals surface area contributed by atoms with Gasteiger partial charge in [-0.3, -0.25) is 4.98 Å². The Balaban J connectivity index is 2.09. The second-order valence-corrected chi connectivity index (χ2v) is 4.46. The van der Waals surface area contributed by atoms with E-state index in [1.165, 1.54) is 0 Å². The fourth-order valence-corrected chi connectivity index (χ4v) is 1.80. The summed E-state index contributed by atoms with van der Waals surface area (Å²) in [6.07, 6.45) is 4.70. The van der Waals surface area contributed by atoms with Gasteiger partial charge in [0.25, 0.3) is 0 Å². The molecule has 0 aliphatic carbocycles. The van der Waals surface area contributed by atoms with Gasteiger partial charge in [0.05, 0.1) is 23.8 Å². The van der Waals surface area contributed by atoms with E-state index in [-0.39, 0.29) is 0 Å². The number of rotatable bonds is 5. The zero-order valence-electron chi connectivity index (χ0n) is 10.3. The normalized spacial score (nSPS) is 10.1. The van der Waals surface area contributed by atoms with Crippen LogP contribution < -0.4 is 10.6 Å². The highest BCUT2D eigenvalue weighted by Gasteiger charge is 1.98. The number of nitrogens with one attached hydrogen (secondary N) is 2. The first-order valence-corrected chi connectivity index (χ1v) is 6.37. The van der Waals surface area contributed by atoms with Gasteiger partial charge in [0, 0.05) is 17.3 Å². The van der Waals surface area contributed by atoms with Crippen molar-refractivity contribution in [3.63, 3.8) is 0 Å². The number of benzene rings is 1. The third kappa shape index (κ3) is 3.64. The predicted molar refractivity (Wildman–Crippen MR) is 77.8 cm³/mol. The molecule has 0 fully saturated rings. The molecule has 0 bridgehead atoms. The Morgan fingerprint density at radius 2 is 1.94 bits per heavy atom. The lowest BCUT2D eigenvalue weighted by Crippen LogP contribution is -2.00. The van der Waals surface area contributed by atoms with Crippen molar-refractivity contribution in [2.75, 3.05) is 17.2 Å². The molecule has 18 heavy (non-hydrogen) atoms.